The second-order valence-corrected chi connectivity index (χ2v) is 6.61. The van der Waals surface area contributed by atoms with Crippen molar-refractivity contribution < 1.29 is 14.7 Å². The molecule has 1 amide bonds. The van der Waals surface area contributed by atoms with Crippen LogP contribution in [0, 0.1) is 6.92 Å². The largest absolute Gasteiger partial charge is 0.478 e. The predicted octanol–water partition coefficient (Wildman–Crippen LogP) is 3.36. The van der Waals surface area contributed by atoms with Gasteiger partial charge in [0, 0.05) is 11.9 Å². The maximum Gasteiger partial charge on any atom is 0.335 e. The van der Waals surface area contributed by atoms with Crippen molar-refractivity contribution in [3.8, 4) is 5.82 Å². The molecular formula is C22H18N4O3. The number of carbonyl (C=O) groups excluding carboxylic acids is 1. The monoisotopic (exact) mass is 386 g/mol. The first-order chi connectivity index (χ1) is 14.0. The maximum atomic E-state index is 12.6. The average Bonchev–Trinajstić information content (AvgIpc) is 3.13. The Morgan fingerprint density at radius 2 is 1.90 bits per heavy atom. The molecule has 2 heterocycles. The molecule has 7 nitrogen and oxygen atoms in total. The molecule has 0 unspecified atom stereocenters. The van der Waals surface area contributed by atoms with E-state index in [9.17, 15) is 9.59 Å². The number of hydrogen-bond acceptors (Lipinski definition) is 4. The van der Waals surface area contributed by atoms with Crippen LogP contribution in [0.25, 0.3) is 16.7 Å². The van der Waals surface area contributed by atoms with Crippen molar-refractivity contribution in [3.63, 3.8) is 0 Å². The third-order valence-electron chi connectivity index (χ3n) is 4.68. The van der Waals surface area contributed by atoms with Gasteiger partial charge in [-0.1, -0.05) is 30.3 Å². The topological polar surface area (TPSA) is 97.1 Å². The second kappa shape index (κ2) is 7.55. The number of aromatic carboxylic acids is 1. The van der Waals surface area contributed by atoms with E-state index in [0.29, 0.717) is 22.6 Å². The first-order valence-electron chi connectivity index (χ1n) is 9.04. The van der Waals surface area contributed by atoms with E-state index >= 15 is 0 Å². The molecule has 7 heteroatoms. The van der Waals surface area contributed by atoms with Crippen LogP contribution in [0.4, 0.5) is 0 Å². The van der Waals surface area contributed by atoms with Crippen molar-refractivity contribution in [2.75, 3.05) is 0 Å². The fourth-order valence-corrected chi connectivity index (χ4v) is 3.13. The van der Waals surface area contributed by atoms with Gasteiger partial charge in [-0.15, -0.1) is 0 Å². The van der Waals surface area contributed by atoms with Gasteiger partial charge in [-0.3, -0.25) is 4.79 Å². The van der Waals surface area contributed by atoms with Crippen molar-refractivity contribution in [2.24, 2.45) is 0 Å². The third-order valence-corrected chi connectivity index (χ3v) is 4.68. The lowest BCUT2D eigenvalue weighted by molar-refractivity contribution is 0.0696. The number of carboxylic acids is 1. The molecule has 4 rings (SSSR count). The van der Waals surface area contributed by atoms with Crippen molar-refractivity contribution in [1.82, 2.24) is 20.1 Å². The summed E-state index contributed by atoms with van der Waals surface area (Å²) in [6.07, 6.45) is 1.51. The molecule has 0 aliphatic rings. The highest BCUT2D eigenvalue weighted by Crippen LogP contribution is 2.17. The van der Waals surface area contributed by atoms with Gasteiger partial charge < -0.3 is 10.4 Å². The lowest BCUT2D eigenvalue weighted by atomic mass is 10.1. The molecular weight excluding hydrogens is 368 g/mol. The molecule has 0 spiro atoms. The van der Waals surface area contributed by atoms with Gasteiger partial charge in [0.05, 0.1) is 28.5 Å². The fraction of sp³-hybridized carbons (Fsp3) is 0.0909. The molecule has 2 aromatic carbocycles. The summed E-state index contributed by atoms with van der Waals surface area (Å²) < 4.78 is 1.63. The summed E-state index contributed by atoms with van der Waals surface area (Å²) in [5.41, 5.74) is 2.85. The van der Waals surface area contributed by atoms with Crippen LogP contribution in [0.1, 0.15) is 32.0 Å². The van der Waals surface area contributed by atoms with Gasteiger partial charge in [0.25, 0.3) is 5.91 Å². The first-order valence-corrected chi connectivity index (χ1v) is 9.04. The number of carbonyl (C=O) groups is 2. The molecule has 0 radical (unpaired) electrons. The Hall–Kier alpha value is -4.00. The van der Waals surface area contributed by atoms with Gasteiger partial charge in [-0.05, 0) is 42.8 Å². The Labute approximate surface area is 166 Å². The van der Waals surface area contributed by atoms with Gasteiger partial charge in [0.2, 0.25) is 0 Å². The summed E-state index contributed by atoms with van der Waals surface area (Å²) in [4.78, 5) is 28.3. The van der Waals surface area contributed by atoms with Gasteiger partial charge in [-0.25, -0.2) is 14.5 Å². The highest BCUT2D eigenvalue weighted by molar-refractivity contribution is 5.95. The maximum absolute atomic E-state index is 12.6. The van der Waals surface area contributed by atoms with Crippen molar-refractivity contribution in [3.05, 3.63) is 89.2 Å². The minimum absolute atomic E-state index is 0.183. The molecule has 0 fully saturated rings. The van der Waals surface area contributed by atoms with Crippen molar-refractivity contribution in [2.45, 2.75) is 13.5 Å². The van der Waals surface area contributed by atoms with Crippen LogP contribution in [-0.2, 0) is 6.54 Å². The van der Waals surface area contributed by atoms with Crippen LogP contribution in [0.2, 0.25) is 0 Å². The fourth-order valence-electron chi connectivity index (χ4n) is 3.13. The minimum Gasteiger partial charge on any atom is -0.478 e. The Balaban J connectivity index is 1.53. The van der Waals surface area contributed by atoms with E-state index in [1.165, 1.54) is 18.3 Å². The molecule has 0 bridgehead atoms. The number of fused-ring (bicyclic) bond motifs is 1. The molecule has 144 valence electrons. The quantitative estimate of drug-likeness (QED) is 0.548. The van der Waals surface area contributed by atoms with Gasteiger partial charge >= 0.3 is 5.97 Å². The number of nitrogens with zero attached hydrogens (tertiary/aromatic N) is 3. The molecule has 0 aliphatic carbocycles. The number of pyridine rings is 1. The average molecular weight is 386 g/mol. The molecule has 4 aromatic rings. The smallest absolute Gasteiger partial charge is 0.335 e. The minimum atomic E-state index is -1.00. The standard InChI is InChI=1S/C22H18N4O3/c1-14-18(21(27)23-12-15-5-4-7-17(11-15)22(28)29)13-24-26(14)20-10-9-16-6-2-3-8-19(16)25-20/h2-11,13H,12H2,1H3,(H,23,27)(H,28,29). The van der Waals surface area contributed by atoms with Crippen LogP contribution in [0.5, 0.6) is 0 Å². The number of aromatic nitrogens is 3. The summed E-state index contributed by atoms with van der Waals surface area (Å²) in [5.74, 6) is -0.650. The number of nitrogens with one attached hydrogen (secondary N) is 1. The van der Waals surface area contributed by atoms with Crippen molar-refractivity contribution in [1.29, 1.82) is 0 Å². The Morgan fingerprint density at radius 1 is 1.07 bits per heavy atom. The van der Waals surface area contributed by atoms with Gasteiger partial charge in [0.1, 0.15) is 0 Å². The van der Waals surface area contributed by atoms with Crippen LogP contribution < -0.4 is 5.32 Å². The SMILES string of the molecule is Cc1c(C(=O)NCc2cccc(C(=O)O)c2)cnn1-c1ccc2ccccc2n1. The van der Waals surface area contributed by atoms with Crippen LogP contribution in [0.15, 0.2) is 66.9 Å². The van der Waals surface area contributed by atoms with Crippen LogP contribution in [-0.4, -0.2) is 31.7 Å². The zero-order chi connectivity index (χ0) is 20.4. The summed E-state index contributed by atoms with van der Waals surface area (Å²) >= 11 is 0. The van der Waals surface area contributed by atoms with E-state index in [4.69, 9.17) is 5.11 Å². The number of hydrogen-bond donors (Lipinski definition) is 2. The van der Waals surface area contributed by atoms with E-state index in [2.05, 4.69) is 15.4 Å². The molecule has 0 saturated heterocycles. The summed E-state index contributed by atoms with van der Waals surface area (Å²) in [5, 5.41) is 17.2. The molecule has 0 atom stereocenters. The highest BCUT2D eigenvalue weighted by Gasteiger charge is 2.16. The lowest BCUT2D eigenvalue weighted by Gasteiger charge is -2.07. The van der Waals surface area contributed by atoms with E-state index < -0.39 is 5.97 Å². The normalized spacial score (nSPS) is 10.8. The lowest BCUT2D eigenvalue weighted by Crippen LogP contribution is -2.23. The predicted molar refractivity (Wildman–Crippen MR) is 108 cm³/mol. The Bertz CT molecular complexity index is 1230. The molecule has 2 N–H and O–H groups in total. The van der Waals surface area contributed by atoms with Crippen molar-refractivity contribution >= 4 is 22.8 Å². The summed E-state index contributed by atoms with van der Waals surface area (Å²) in [6, 6.07) is 18.1. The van der Waals surface area contributed by atoms with E-state index in [-0.39, 0.29) is 18.0 Å². The van der Waals surface area contributed by atoms with E-state index in [0.717, 1.165) is 10.9 Å². The van der Waals surface area contributed by atoms with Gasteiger partial charge in [0.15, 0.2) is 5.82 Å². The number of amides is 1. The van der Waals surface area contributed by atoms with Crippen LogP contribution >= 0.6 is 0 Å². The molecule has 0 saturated carbocycles. The molecule has 2 aromatic heterocycles. The first kappa shape index (κ1) is 18.4. The Kier molecular flexibility index (Phi) is 4.78. The third kappa shape index (κ3) is 3.70. The summed E-state index contributed by atoms with van der Waals surface area (Å²) in [7, 11) is 0. The molecule has 29 heavy (non-hydrogen) atoms. The van der Waals surface area contributed by atoms with E-state index in [1.807, 2.05) is 43.3 Å². The summed E-state index contributed by atoms with van der Waals surface area (Å²) in [6.45, 7) is 2.03. The number of para-hydroxylation sites is 1. The zero-order valence-electron chi connectivity index (χ0n) is 15.7. The van der Waals surface area contributed by atoms with Crippen LogP contribution in [0.3, 0.4) is 0 Å². The number of benzene rings is 2. The van der Waals surface area contributed by atoms with E-state index in [1.54, 1.807) is 16.8 Å². The molecule has 0 aliphatic heterocycles. The highest BCUT2D eigenvalue weighted by atomic mass is 16.4. The van der Waals surface area contributed by atoms with Gasteiger partial charge in [-0.2, -0.15) is 5.10 Å². The number of carboxylic acid groups (broad SMARTS) is 1. The Morgan fingerprint density at radius 3 is 2.72 bits per heavy atom. The second-order valence-electron chi connectivity index (χ2n) is 6.61. The number of rotatable bonds is 5. The zero-order valence-corrected chi connectivity index (χ0v) is 15.7.